The topological polar surface area (TPSA) is 243 Å². The Hall–Kier alpha value is -17.3. The SMILES string of the molecule is C=C(C)C(=O)OC1=CC(=O)c2cccc3cccc1c23.C=C(C)C(=O)OCC1=Cc2cccc3cccc(c23)C1=O.C=CC(=O)OC1=CC(=O)c2cccc3cccc1c23.C=CC(=O)OCC1=Cc2cccc3cccc(c23)C1=O.C=Cc1ccc(C(=O)OCC2=Cc3cccc4cccc(c34)C2=O)cc1.C=Cc1ccc(OCC2=Cc3cccc4cccc(c34)C2=O)cc1. The number of ketones is 6. The molecule has 0 saturated carbocycles. The highest BCUT2D eigenvalue weighted by Gasteiger charge is 2.30. The van der Waals surface area contributed by atoms with Gasteiger partial charge in [0.25, 0.3) is 0 Å². The molecule has 0 spiro atoms. The van der Waals surface area contributed by atoms with Crippen LogP contribution in [0.25, 0.3) is 113 Å². The Balaban J connectivity index is 0.000000120. The lowest BCUT2D eigenvalue weighted by molar-refractivity contribution is -0.138. The Kier molecular flexibility index (Phi) is 26.2. The number of ether oxygens (including phenoxy) is 6. The van der Waals surface area contributed by atoms with Gasteiger partial charge in [-0.05, 0) is 128 Å². The molecule has 0 heterocycles. The molecule has 0 aliphatic heterocycles. The van der Waals surface area contributed by atoms with Crippen LogP contribution in [0.1, 0.15) is 131 Å². The number of Topliss-reactive ketones (excluding diaryl/α,β-unsaturated/α-hetero) is 4. The number of benzene rings is 14. The second-order valence-electron chi connectivity index (χ2n) is 30.6. The lowest BCUT2D eigenvalue weighted by atomic mass is 9.88. The second-order valence-corrected chi connectivity index (χ2v) is 30.6. The Labute approximate surface area is 747 Å². The Bertz CT molecular complexity index is 7420. The summed E-state index contributed by atoms with van der Waals surface area (Å²) in [6.07, 6.45) is 15.7. The minimum absolute atomic E-state index is 0.0325. The van der Waals surface area contributed by atoms with Crippen molar-refractivity contribution in [2.24, 2.45) is 0 Å². The van der Waals surface area contributed by atoms with Crippen molar-refractivity contribution in [1.29, 1.82) is 0 Å². The summed E-state index contributed by atoms with van der Waals surface area (Å²) < 4.78 is 31.6. The molecule has 0 atom stereocenters. The van der Waals surface area contributed by atoms with Crippen LogP contribution < -0.4 is 4.74 Å². The third-order valence-electron chi connectivity index (χ3n) is 22.0. The molecule has 0 radical (unpaired) electrons. The van der Waals surface area contributed by atoms with Crippen molar-refractivity contribution < 1.29 is 81.2 Å². The van der Waals surface area contributed by atoms with Crippen molar-refractivity contribution in [2.45, 2.75) is 13.8 Å². The van der Waals surface area contributed by atoms with E-state index in [0.29, 0.717) is 66.8 Å². The normalized spacial score (nSPS) is 12.9. The van der Waals surface area contributed by atoms with E-state index in [1.54, 1.807) is 80.6 Å². The molecule has 20 rings (SSSR count). The molecule has 6 aliphatic carbocycles. The van der Waals surface area contributed by atoms with Gasteiger partial charge in [0.05, 0.1) is 5.56 Å². The molecule has 0 fully saturated rings. The monoisotopic (exact) mass is 1710 g/mol. The molecule has 0 N–H and O–H groups in total. The highest BCUT2D eigenvalue weighted by molar-refractivity contribution is 6.28. The summed E-state index contributed by atoms with van der Waals surface area (Å²) in [5.74, 6) is -1.81. The fraction of sp³-hybridized carbons (Fsp3) is 0.0531. The highest BCUT2D eigenvalue weighted by atomic mass is 16.6. The van der Waals surface area contributed by atoms with Crippen LogP contribution in [-0.2, 0) is 42.9 Å². The molecule has 14 aromatic rings. The van der Waals surface area contributed by atoms with Crippen LogP contribution in [-0.4, -0.2) is 91.0 Å². The number of hydrogen-bond acceptors (Lipinski definition) is 17. The maximum Gasteiger partial charge on any atom is 0.338 e. The predicted molar refractivity (Wildman–Crippen MR) is 511 cm³/mol. The number of carbonyl (C=O) groups is 11. The number of carbonyl (C=O) groups excluding carboxylic acids is 11. The lowest BCUT2D eigenvalue weighted by Gasteiger charge is -2.17. The Morgan fingerprint density at radius 2 is 0.592 bits per heavy atom. The fourth-order valence-electron chi connectivity index (χ4n) is 15.7. The molecule has 0 aromatic heterocycles. The zero-order valence-electron chi connectivity index (χ0n) is 70.7. The van der Waals surface area contributed by atoms with E-state index in [9.17, 15) is 52.7 Å². The van der Waals surface area contributed by atoms with E-state index in [0.717, 1.165) is 133 Å². The van der Waals surface area contributed by atoms with E-state index in [1.807, 2.05) is 237 Å². The first-order valence-corrected chi connectivity index (χ1v) is 41.2. The zero-order valence-corrected chi connectivity index (χ0v) is 70.7. The summed E-state index contributed by atoms with van der Waals surface area (Å²) in [6, 6.07) is 83.6. The standard InChI is InChI=1S/C23H16O3.C22H16O2.C18H14O3.2C17H12O3.C16H10O3/c1-2-15-9-11-17(12-10-15)23(25)26-14-19-13-18-7-3-5-16-6-4-8-20(21(16)18)22(19)24;1-2-15-9-11-19(12-10-15)24-14-18-13-17-7-3-5-16-6-4-8-20(21(16)17)22(18)23;1-11(2)18(20)21-10-14-9-13-7-3-5-12-6-4-8-15(16(12)13)17(14)19;1-10(2)17(19)20-15-9-14(18)12-7-3-5-11-6-4-8-13(15)16(11)12;1-2-15(18)20-10-13-9-12-7-3-5-11-6-4-8-14(16(11)12)17(13)19;1-2-15(18)19-14-9-13(17)11-7-3-5-10-6-4-8-12(14)16(10)11/h2-13H,1,14H2;2-13H,1,14H2;3-9H,1,10H2,2H3;3-9H,1H2,2H3;2-9H,1,10H2;2-9H,1H2. The quantitative estimate of drug-likeness (QED) is 0.0440. The third kappa shape index (κ3) is 18.7. The number of hydrogen-bond donors (Lipinski definition) is 0. The van der Waals surface area contributed by atoms with Gasteiger partial charge in [0.2, 0.25) is 0 Å². The summed E-state index contributed by atoms with van der Waals surface area (Å²) >= 11 is 0. The van der Waals surface area contributed by atoms with Gasteiger partial charge in [0.15, 0.2) is 34.7 Å². The molecule has 14 aromatic carbocycles. The summed E-state index contributed by atoms with van der Waals surface area (Å²) in [5.41, 5.74) is 14.6. The second kappa shape index (κ2) is 38.8. The van der Waals surface area contributed by atoms with Crippen LogP contribution >= 0.6 is 0 Å². The average Bonchev–Trinajstić information content (AvgIpc) is 0.778. The first-order chi connectivity index (χ1) is 63.0. The van der Waals surface area contributed by atoms with Gasteiger partial charge in [-0.15, -0.1) is 0 Å². The van der Waals surface area contributed by atoms with Gasteiger partial charge >= 0.3 is 29.8 Å². The number of rotatable bonds is 18. The van der Waals surface area contributed by atoms with Gasteiger partial charge in [-0.2, -0.15) is 0 Å². The van der Waals surface area contributed by atoms with Crippen molar-refractivity contribution in [3.05, 3.63) is 448 Å². The molecule has 634 valence electrons. The molecule has 17 nitrogen and oxygen atoms in total. The van der Waals surface area contributed by atoms with Crippen LogP contribution in [0.4, 0.5) is 0 Å². The van der Waals surface area contributed by atoms with E-state index < -0.39 is 29.8 Å². The summed E-state index contributed by atoms with van der Waals surface area (Å²) in [4.78, 5) is 132. The van der Waals surface area contributed by atoms with Gasteiger partial charge in [-0.25, -0.2) is 24.0 Å². The molecule has 0 unspecified atom stereocenters. The molecule has 130 heavy (non-hydrogen) atoms. The van der Waals surface area contributed by atoms with Crippen molar-refractivity contribution >= 4 is 177 Å². The average molecular weight is 1710 g/mol. The molecule has 0 bridgehead atoms. The van der Waals surface area contributed by atoms with Crippen molar-refractivity contribution in [3.8, 4) is 5.75 Å². The van der Waals surface area contributed by atoms with E-state index in [4.69, 9.17) is 28.4 Å². The first kappa shape index (κ1) is 87.6. The van der Waals surface area contributed by atoms with E-state index in [1.165, 1.54) is 12.2 Å². The minimum atomic E-state index is -0.574. The van der Waals surface area contributed by atoms with E-state index >= 15 is 0 Å². The fourth-order valence-corrected chi connectivity index (χ4v) is 15.7. The summed E-state index contributed by atoms with van der Waals surface area (Å²) in [7, 11) is 0. The van der Waals surface area contributed by atoms with Crippen LogP contribution in [0.5, 0.6) is 5.75 Å². The van der Waals surface area contributed by atoms with Gasteiger partial charge in [0, 0.05) is 135 Å². The number of esters is 5. The third-order valence-corrected chi connectivity index (χ3v) is 22.0. The molecular weight excluding hydrogens is 1630 g/mol. The largest absolute Gasteiger partial charge is 0.489 e. The molecule has 17 heteroatoms. The van der Waals surface area contributed by atoms with Crippen molar-refractivity contribution in [3.63, 3.8) is 0 Å². The zero-order chi connectivity index (χ0) is 91.4. The first-order valence-electron chi connectivity index (χ1n) is 41.2. The Morgan fingerprint density at radius 1 is 0.292 bits per heavy atom. The van der Waals surface area contributed by atoms with Crippen LogP contribution in [0.3, 0.4) is 0 Å². The van der Waals surface area contributed by atoms with Gasteiger partial charge in [-0.3, -0.25) is 28.8 Å². The number of allylic oxidation sites excluding steroid dienone is 2. The van der Waals surface area contributed by atoms with Gasteiger partial charge < -0.3 is 28.4 Å². The van der Waals surface area contributed by atoms with Gasteiger partial charge in [-0.1, -0.05) is 294 Å². The molecular formula is C113H80O17. The smallest absolute Gasteiger partial charge is 0.338 e. The molecule has 0 amide bonds. The lowest BCUT2D eigenvalue weighted by Crippen LogP contribution is -2.16. The maximum absolute atomic E-state index is 12.8. The highest BCUT2D eigenvalue weighted by Crippen LogP contribution is 2.40. The van der Waals surface area contributed by atoms with E-state index in [2.05, 4.69) is 39.5 Å². The minimum Gasteiger partial charge on any atom is -0.489 e. The molecule has 6 aliphatic rings. The van der Waals surface area contributed by atoms with Crippen molar-refractivity contribution in [1.82, 2.24) is 0 Å². The van der Waals surface area contributed by atoms with Crippen LogP contribution in [0.2, 0.25) is 0 Å². The summed E-state index contributed by atoms with van der Waals surface area (Å²) in [5, 5.41) is 11.6. The van der Waals surface area contributed by atoms with E-state index in [-0.39, 0.29) is 72.6 Å². The van der Waals surface area contributed by atoms with Crippen LogP contribution in [0.15, 0.2) is 364 Å². The van der Waals surface area contributed by atoms with Crippen molar-refractivity contribution in [2.75, 3.05) is 26.4 Å². The Morgan fingerprint density at radius 3 is 0.938 bits per heavy atom. The van der Waals surface area contributed by atoms with Gasteiger partial charge in [0.1, 0.15) is 43.7 Å². The van der Waals surface area contributed by atoms with Crippen LogP contribution in [0, 0.1) is 0 Å². The maximum atomic E-state index is 12.8. The molecule has 0 saturated heterocycles. The predicted octanol–water partition coefficient (Wildman–Crippen LogP) is 23.4. The summed E-state index contributed by atoms with van der Waals surface area (Å²) in [6.45, 7) is 24.5.